The highest BCUT2D eigenvalue weighted by Crippen LogP contribution is 2.11. The summed E-state index contributed by atoms with van der Waals surface area (Å²) < 4.78 is 0. The van der Waals surface area contributed by atoms with Gasteiger partial charge in [0.2, 0.25) is 29.5 Å². The van der Waals surface area contributed by atoms with Crippen LogP contribution in [-0.2, 0) is 36.8 Å². The predicted molar refractivity (Wildman–Crippen MR) is 166 cm³/mol. The summed E-state index contributed by atoms with van der Waals surface area (Å²) in [7, 11) is 0. The Morgan fingerprint density at radius 2 is 1.39 bits per heavy atom. The molecule has 13 nitrogen and oxygen atoms in total. The molecule has 0 radical (unpaired) electrons. The summed E-state index contributed by atoms with van der Waals surface area (Å²) in [5, 5.41) is 19.9. The molecule has 13 heteroatoms. The van der Waals surface area contributed by atoms with Gasteiger partial charge in [-0.05, 0) is 54.9 Å². The minimum Gasteiger partial charge on any atom is -0.508 e. The van der Waals surface area contributed by atoms with Gasteiger partial charge in [-0.3, -0.25) is 24.0 Å². The molecule has 4 atom stereocenters. The van der Waals surface area contributed by atoms with E-state index in [4.69, 9.17) is 17.2 Å². The SMILES string of the molecule is CC(C)C[C@H](N)C(=O)NCCC[C@@H](NC(=O)[C@@H](N)Cc1ccc(O)cc1)C(=O)NCC(=O)N[C@@H](Cc1ccccc1)C(N)=O. The van der Waals surface area contributed by atoms with Crippen LogP contribution in [0.2, 0.25) is 0 Å². The van der Waals surface area contributed by atoms with Gasteiger partial charge in [0, 0.05) is 13.0 Å². The van der Waals surface area contributed by atoms with Gasteiger partial charge in [0.25, 0.3) is 0 Å². The molecule has 0 saturated heterocycles. The van der Waals surface area contributed by atoms with E-state index in [2.05, 4.69) is 21.3 Å². The van der Waals surface area contributed by atoms with E-state index in [0.29, 0.717) is 18.4 Å². The number of phenolic OH excluding ortho intramolecular Hbond substituents is 1. The smallest absolute Gasteiger partial charge is 0.243 e. The van der Waals surface area contributed by atoms with E-state index in [0.717, 1.165) is 5.56 Å². The Balaban J connectivity index is 1.99. The Morgan fingerprint density at radius 3 is 2.00 bits per heavy atom. The second-order valence-corrected chi connectivity index (χ2v) is 11.1. The van der Waals surface area contributed by atoms with Gasteiger partial charge in [-0.1, -0.05) is 56.3 Å². The Labute approximate surface area is 257 Å². The average molecular weight is 612 g/mol. The molecule has 0 unspecified atom stereocenters. The van der Waals surface area contributed by atoms with E-state index < -0.39 is 54.3 Å². The zero-order valence-electron chi connectivity index (χ0n) is 25.3. The van der Waals surface area contributed by atoms with Gasteiger partial charge >= 0.3 is 0 Å². The first-order valence-electron chi connectivity index (χ1n) is 14.6. The Bertz CT molecular complexity index is 1240. The number of hydrogen-bond acceptors (Lipinski definition) is 8. The van der Waals surface area contributed by atoms with E-state index in [1.54, 1.807) is 36.4 Å². The molecule has 0 heterocycles. The molecule has 11 N–H and O–H groups in total. The van der Waals surface area contributed by atoms with E-state index >= 15 is 0 Å². The highest BCUT2D eigenvalue weighted by Gasteiger charge is 2.25. The summed E-state index contributed by atoms with van der Waals surface area (Å²) in [4.78, 5) is 62.8. The van der Waals surface area contributed by atoms with Crippen molar-refractivity contribution in [1.82, 2.24) is 21.3 Å². The normalized spacial score (nSPS) is 13.7. The van der Waals surface area contributed by atoms with Crippen LogP contribution in [-0.4, -0.2) is 71.9 Å². The standard InChI is InChI=1S/C31H45N7O6/c1-19(2)15-23(32)29(42)35-14-6-9-25(38-30(43)24(33)16-21-10-12-22(39)13-11-21)31(44)36-18-27(40)37-26(28(34)41)17-20-7-4-3-5-8-20/h3-5,7-8,10-13,19,23-26,39H,6,9,14-18,32-33H2,1-2H3,(H2,34,41)(H,35,42)(H,36,44)(H,37,40)(H,38,43)/t23-,24-,25+,26-/m0/s1. The van der Waals surface area contributed by atoms with Crippen molar-refractivity contribution < 1.29 is 29.1 Å². The van der Waals surface area contributed by atoms with Crippen LogP contribution in [0.4, 0.5) is 0 Å². The molecule has 0 aromatic heterocycles. The maximum Gasteiger partial charge on any atom is 0.243 e. The number of carbonyl (C=O) groups excluding carboxylic acids is 5. The molecular formula is C31H45N7O6. The number of aromatic hydroxyl groups is 1. The zero-order chi connectivity index (χ0) is 32.6. The predicted octanol–water partition coefficient (Wildman–Crippen LogP) is -0.654. The first kappa shape index (κ1) is 35.7. The van der Waals surface area contributed by atoms with E-state index in [1.165, 1.54) is 12.1 Å². The average Bonchev–Trinajstić information content (AvgIpc) is 2.98. The van der Waals surface area contributed by atoms with Gasteiger partial charge in [-0.25, -0.2) is 0 Å². The van der Waals surface area contributed by atoms with Gasteiger partial charge in [0.15, 0.2) is 0 Å². The van der Waals surface area contributed by atoms with Gasteiger partial charge < -0.3 is 43.6 Å². The molecule has 44 heavy (non-hydrogen) atoms. The van der Waals surface area contributed by atoms with E-state index in [-0.39, 0.29) is 43.4 Å². The fraction of sp³-hybridized carbons (Fsp3) is 0.452. The highest BCUT2D eigenvalue weighted by molar-refractivity contribution is 5.93. The molecule has 0 bridgehead atoms. The topological polar surface area (TPSA) is 232 Å². The zero-order valence-corrected chi connectivity index (χ0v) is 25.3. The molecule has 2 rings (SSSR count). The van der Waals surface area contributed by atoms with Crippen LogP contribution in [0.1, 0.15) is 44.2 Å². The third kappa shape index (κ3) is 13.2. The lowest BCUT2D eigenvalue weighted by molar-refractivity contribution is -0.131. The van der Waals surface area contributed by atoms with Crippen molar-refractivity contribution in [2.75, 3.05) is 13.1 Å². The number of benzene rings is 2. The van der Waals surface area contributed by atoms with Crippen LogP contribution in [0.15, 0.2) is 54.6 Å². The van der Waals surface area contributed by atoms with Crippen LogP contribution in [0.5, 0.6) is 5.75 Å². The first-order valence-corrected chi connectivity index (χ1v) is 14.6. The second-order valence-electron chi connectivity index (χ2n) is 11.1. The van der Waals surface area contributed by atoms with Crippen LogP contribution in [0, 0.1) is 5.92 Å². The van der Waals surface area contributed by atoms with Crippen molar-refractivity contribution in [3.63, 3.8) is 0 Å². The summed E-state index contributed by atoms with van der Waals surface area (Å²) in [5.74, 6) is -2.59. The minimum atomic E-state index is -1.07. The monoisotopic (exact) mass is 611 g/mol. The largest absolute Gasteiger partial charge is 0.508 e. The summed E-state index contributed by atoms with van der Waals surface area (Å²) >= 11 is 0. The number of hydrogen-bond donors (Lipinski definition) is 8. The molecular weight excluding hydrogens is 566 g/mol. The Kier molecular flexibility index (Phi) is 14.8. The van der Waals surface area contributed by atoms with Gasteiger partial charge in [-0.15, -0.1) is 0 Å². The van der Waals surface area contributed by atoms with Crippen molar-refractivity contribution in [1.29, 1.82) is 0 Å². The van der Waals surface area contributed by atoms with Crippen LogP contribution < -0.4 is 38.5 Å². The van der Waals surface area contributed by atoms with Crippen molar-refractivity contribution >= 4 is 29.5 Å². The molecule has 240 valence electrons. The molecule has 2 aromatic carbocycles. The van der Waals surface area contributed by atoms with Crippen LogP contribution in [0.25, 0.3) is 0 Å². The summed E-state index contributed by atoms with van der Waals surface area (Å²) in [6.07, 6.45) is 1.31. The molecule has 2 aromatic rings. The summed E-state index contributed by atoms with van der Waals surface area (Å²) in [6, 6.07) is 11.5. The first-order chi connectivity index (χ1) is 20.8. The summed E-state index contributed by atoms with van der Waals surface area (Å²) in [6.45, 7) is 3.67. The number of nitrogens with one attached hydrogen (secondary N) is 4. The highest BCUT2D eigenvalue weighted by atomic mass is 16.3. The lowest BCUT2D eigenvalue weighted by atomic mass is 10.0. The van der Waals surface area contributed by atoms with Crippen LogP contribution >= 0.6 is 0 Å². The van der Waals surface area contributed by atoms with Gasteiger partial charge in [0.1, 0.15) is 17.8 Å². The Hall–Kier alpha value is -4.49. The fourth-order valence-corrected chi connectivity index (χ4v) is 4.40. The van der Waals surface area contributed by atoms with E-state index in [1.807, 2.05) is 19.9 Å². The molecule has 0 fully saturated rings. The lowest BCUT2D eigenvalue weighted by Gasteiger charge is -2.22. The fourth-order valence-electron chi connectivity index (χ4n) is 4.40. The number of primary amides is 1. The number of amides is 5. The van der Waals surface area contributed by atoms with E-state index in [9.17, 15) is 29.1 Å². The summed E-state index contributed by atoms with van der Waals surface area (Å²) in [5.41, 5.74) is 19.0. The molecule has 5 amide bonds. The van der Waals surface area contributed by atoms with Crippen molar-refractivity contribution in [3.05, 3.63) is 65.7 Å². The molecule has 0 aliphatic carbocycles. The number of phenols is 1. The van der Waals surface area contributed by atoms with Gasteiger partial charge in [-0.2, -0.15) is 0 Å². The van der Waals surface area contributed by atoms with Crippen molar-refractivity contribution in [2.45, 2.75) is 70.1 Å². The number of nitrogens with two attached hydrogens (primary N) is 3. The lowest BCUT2D eigenvalue weighted by Crippen LogP contribution is -2.54. The van der Waals surface area contributed by atoms with Crippen LogP contribution in [0.3, 0.4) is 0 Å². The third-order valence-corrected chi connectivity index (χ3v) is 6.78. The second kappa shape index (κ2) is 18.2. The van der Waals surface area contributed by atoms with Crippen molar-refractivity contribution in [3.8, 4) is 5.75 Å². The third-order valence-electron chi connectivity index (χ3n) is 6.78. The van der Waals surface area contributed by atoms with Crippen molar-refractivity contribution in [2.24, 2.45) is 23.1 Å². The molecule has 0 spiro atoms. The Morgan fingerprint density at radius 1 is 0.750 bits per heavy atom. The van der Waals surface area contributed by atoms with Gasteiger partial charge in [0.05, 0.1) is 18.6 Å². The number of rotatable bonds is 18. The quantitative estimate of drug-likeness (QED) is 0.101. The maximum atomic E-state index is 13.1. The molecule has 0 saturated carbocycles. The number of carbonyl (C=O) groups is 5. The molecule has 0 aliphatic rings. The minimum absolute atomic E-state index is 0.0759. The maximum absolute atomic E-state index is 13.1. The molecule has 0 aliphatic heterocycles.